The molecule has 1 aromatic carbocycles. The van der Waals surface area contributed by atoms with Crippen LogP contribution in [0.15, 0.2) is 29.6 Å². The third-order valence-corrected chi connectivity index (χ3v) is 3.78. The molecular weight excluding hydrogens is 271 g/mol. The van der Waals surface area contributed by atoms with Gasteiger partial charge in [-0.05, 0) is 17.4 Å². The lowest BCUT2D eigenvalue weighted by Gasteiger charge is -2.23. The molecule has 0 aliphatic heterocycles. The molecule has 1 heterocycles. The molecule has 0 saturated carbocycles. The van der Waals surface area contributed by atoms with E-state index in [-0.39, 0.29) is 17.6 Å². The Morgan fingerprint density at radius 3 is 2.47 bits per heavy atom. The molecule has 0 aliphatic rings. The first-order valence-electron chi connectivity index (χ1n) is 5.93. The van der Waals surface area contributed by atoms with Crippen LogP contribution in [0.2, 0.25) is 0 Å². The van der Waals surface area contributed by atoms with Crippen LogP contribution in [0.5, 0.6) is 0 Å². The molecule has 2 aromatic rings. The molecule has 19 heavy (non-hydrogen) atoms. The Morgan fingerprint density at radius 1 is 1.16 bits per heavy atom. The summed E-state index contributed by atoms with van der Waals surface area (Å²) in [7, 11) is 0. The zero-order valence-electron chi connectivity index (χ0n) is 10.6. The van der Waals surface area contributed by atoms with Crippen molar-refractivity contribution in [2.45, 2.75) is 19.9 Å². The van der Waals surface area contributed by atoms with Crippen LogP contribution in [0.4, 0.5) is 18.9 Å². The van der Waals surface area contributed by atoms with Crippen molar-refractivity contribution in [1.82, 2.24) is 0 Å². The molecule has 0 fully saturated rings. The second-order valence-electron chi connectivity index (χ2n) is 4.63. The molecule has 1 nitrogen and oxygen atoms in total. The van der Waals surface area contributed by atoms with Crippen molar-refractivity contribution >= 4 is 17.0 Å². The predicted octanol–water partition coefficient (Wildman–Crippen LogP) is 4.97. The summed E-state index contributed by atoms with van der Waals surface area (Å²) >= 11 is 1.52. The van der Waals surface area contributed by atoms with Crippen LogP contribution < -0.4 is 5.32 Å². The van der Waals surface area contributed by atoms with Crippen LogP contribution >= 0.6 is 11.3 Å². The highest BCUT2D eigenvalue weighted by Gasteiger charge is 2.20. The van der Waals surface area contributed by atoms with Crippen LogP contribution in [0.1, 0.15) is 24.8 Å². The highest BCUT2D eigenvalue weighted by Crippen LogP contribution is 2.31. The second-order valence-corrected chi connectivity index (χ2v) is 5.61. The topological polar surface area (TPSA) is 12.0 Å². The zero-order valence-corrected chi connectivity index (χ0v) is 11.4. The quantitative estimate of drug-likeness (QED) is 0.782. The number of nitrogens with one attached hydrogen (secondary N) is 1. The first-order chi connectivity index (χ1) is 8.99. The molecule has 0 spiro atoms. The van der Waals surface area contributed by atoms with Gasteiger partial charge >= 0.3 is 0 Å². The number of hydrogen-bond acceptors (Lipinski definition) is 2. The van der Waals surface area contributed by atoms with E-state index in [4.69, 9.17) is 0 Å². The first-order valence-corrected chi connectivity index (χ1v) is 6.81. The van der Waals surface area contributed by atoms with Gasteiger partial charge in [-0.25, -0.2) is 13.2 Å². The summed E-state index contributed by atoms with van der Waals surface area (Å²) < 4.78 is 40.0. The predicted molar refractivity (Wildman–Crippen MR) is 71.8 cm³/mol. The molecular formula is C14H14F3NS. The van der Waals surface area contributed by atoms with Gasteiger partial charge in [-0.15, -0.1) is 11.3 Å². The summed E-state index contributed by atoms with van der Waals surface area (Å²) in [5, 5.41) is 4.80. The lowest BCUT2D eigenvalue weighted by molar-refractivity contribution is 0.490. The minimum absolute atomic E-state index is 0.149. The van der Waals surface area contributed by atoms with Crippen molar-refractivity contribution < 1.29 is 13.2 Å². The Balaban J connectivity index is 2.33. The van der Waals surface area contributed by atoms with E-state index in [1.807, 2.05) is 31.4 Å². The summed E-state index contributed by atoms with van der Waals surface area (Å²) in [5.74, 6) is -2.88. The fourth-order valence-corrected chi connectivity index (χ4v) is 2.81. The van der Waals surface area contributed by atoms with Gasteiger partial charge in [0.15, 0.2) is 11.6 Å². The van der Waals surface area contributed by atoms with Gasteiger partial charge in [-0.3, -0.25) is 0 Å². The molecule has 1 N–H and O–H groups in total. The van der Waals surface area contributed by atoms with Gasteiger partial charge in [0.2, 0.25) is 0 Å². The van der Waals surface area contributed by atoms with Crippen molar-refractivity contribution in [1.29, 1.82) is 0 Å². The van der Waals surface area contributed by atoms with E-state index < -0.39 is 17.5 Å². The van der Waals surface area contributed by atoms with Crippen molar-refractivity contribution in [3.63, 3.8) is 0 Å². The Kier molecular flexibility index (Phi) is 4.14. The molecule has 1 atom stereocenters. The molecule has 2 rings (SSSR count). The Bertz CT molecular complexity index is 552. The van der Waals surface area contributed by atoms with E-state index in [1.54, 1.807) is 0 Å². The number of hydrogen-bond donors (Lipinski definition) is 1. The molecule has 5 heteroatoms. The van der Waals surface area contributed by atoms with Gasteiger partial charge in [0.05, 0.1) is 11.7 Å². The van der Waals surface area contributed by atoms with Gasteiger partial charge in [0.1, 0.15) is 5.82 Å². The number of benzene rings is 1. The molecule has 0 bridgehead atoms. The van der Waals surface area contributed by atoms with E-state index >= 15 is 0 Å². The highest BCUT2D eigenvalue weighted by atomic mass is 32.1. The van der Waals surface area contributed by atoms with Crippen LogP contribution in [0.25, 0.3) is 0 Å². The maximum atomic E-state index is 13.6. The molecule has 0 saturated heterocycles. The highest BCUT2D eigenvalue weighted by molar-refractivity contribution is 7.10. The maximum Gasteiger partial charge on any atom is 0.182 e. The van der Waals surface area contributed by atoms with Gasteiger partial charge in [-0.2, -0.15) is 0 Å². The SMILES string of the molecule is CC(C)C(Nc1cc(F)cc(F)c1F)c1cccs1. The van der Waals surface area contributed by atoms with Crippen molar-refractivity contribution in [3.8, 4) is 0 Å². The standard InChI is InChI=1S/C14H14F3NS/c1-8(2)14(12-4-3-5-19-12)18-11-7-9(15)6-10(16)13(11)17/h3-8,14,18H,1-2H3. The van der Waals surface area contributed by atoms with Gasteiger partial charge in [0.25, 0.3) is 0 Å². The Labute approximate surface area is 114 Å². The Morgan fingerprint density at radius 2 is 1.89 bits per heavy atom. The fourth-order valence-electron chi connectivity index (χ4n) is 1.86. The normalized spacial score (nSPS) is 12.7. The minimum atomic E-state index is -1.18. The zero-order chi connectivity index (χ0) is 14.0. The van der Waals surface area contributed by atoms with E-state index in [1.165, 1.54) is 11.3 Å². The molecule has 102 valence electrons. The van der Waals surface area contributed by atoms with Crippen molar-refractivity contribution in [2.75, 3.05) is 5.32 Å². The van der Waals surface area contributed by atoms with Crippen molar-refractivity contribution in [3.05, 3.63) is 52.0 Å². The van der Waals surface area contributed by atoms with Gasteiger partial charge < -0.3 is 5.32 Å². The molecule has 0 radical (unpaired) electrons. The molecule has 0 amide bonds. The molecule has 0 aliphatic carbocycles. The average molecular weight is 285 g/mol. The van der Waals surface area contributed by atoms with Crippen LogP contribution in [0, 0.1) is 23.4 Å². The molecule has 1 unspecified atom stereocenters. The van der Waals surface area contributed by atoms with E-state index in [0.29, 0.717) is 6.07 Å². The lowest BCUT2D eigenvalue weighted by atomic mass is 10.0. The fraction of sp³-hybridized carbons (Fsp3) is 0.286. The second kappa shape index (κ2) is 5.65. The number of rotatable bonds is 4. The van der Waals surface area contributed by atoms with Crippen LogP contribution in [-0.4, -0.2) is 0 Å². The molecule has 1 aromatic heterocycles. The maximum absolute atomic E-state index is 13.6. The summed E-state index contributed by atoms with van der Waals surface area (Å²) in [4.78, 5) is 0.999. The smallest absolute Gasteiger partial charge is 0.182 e. The number of halogens is 3. The van der Waals surface area contributed by atoms with Crippen molar-refractivity contribution in [2.24, 2.45) is 5.92 Å². The van der Waals surface area contributed by atoms with Crippen LogP contribution in [-0.2, 0) is 0 Å². The Hall–Kier alpha value is -1.49. The third-order valence-electron chi connectivity index (χ3n) is 2.82. The summed E-state index contributed by atoms with van der Waals surface area (Å²) in [6.07, 6.45) is 0. The first kappa shape index (κ1) is 13.9. The summed E-state index contributed by atoms with van der Waals surface area (Å²) in [6, 6.07) is 5.13. The van der Waals surface area contributed by atoms with Gasteiger partial charge in [0, 0.05) is 17.0 Å². The summed E-state index contributed by atoms with van der Waals surface area (Å²) in [5.41, 5.74) is -0.149. The summed E-state index contributed by atoms with van der Waals surface area (Å²) in [6.45, 7) is 3.93. The average Bonchev–Trinajstić information content (AvgIpc) is 2.84. The minimum Gasteiger partial charge on any atom is -0.375 e. The van der Waals surface area contributed by atoms with Gasteiger partial charge in [-0.1, -0.05) is 19.9 Å². The van der Waals surface area contributed by atoms with E-state index in [2.05, 4.69) is 5.32 Å². The number of anilines is 1. The van der Waals surface area contributed by atoms with E-state index in [9.17, 15) is 13.2 Å². The monoisotopic (exact) mass is 285 g/mol. The largest absolute Gasteiger partial charge is 0.375 e. The lowest BCUT2D eigenvalue weighted by Crippen LogP contribution is -2.17. The number of thiophene rings is 1. The van der Waals surface area contributed by atoms with Crippen LogP contribution in [0.3, 0.4) is 0 Å². The van der Waals surface area contributed by atoms with E-state index in [0.717, 1.165) is 10.9 Å². The third kappa shape index (κ3) is 3.10.